The molecule has 0 spiro atoms. The number of benzene rings is 2. The largest absolute Gasteiger partial charge is 0.339 e. The minimum absolute atomic E-state index is 0.0606. The highest BCUT2D eigenvalue weighted by Gasteiger charge is 2.31. The van der Waals surface area contributed by atoms with E-state index in [1.165, 1.54) is 4.31 Å². The highest BCUT2D eigenvalue weighted by Crippen LogP contribution is 2.20. The molecule has 0 bridgehead atoms. The molecule has 1 heterocycles. The lowest BCUT2D eigenvalue weighted by atomic mass is 10.2. The maximum Gasteiger partial charge on any atom is 0.243 e. The van der Waals surface area contributed by atoms with Gasteiger partial charge in [-0.2, -0.15) is 4.31 Å². The number of rotatable bonds is 7. The van der Waals surface area contributed by atoms with E-state index in [9.17, 15) is 22.0 Å². The number of nitrogens with zero attached hydrogens (tertiary/aromatic N) is 3. The van der Waals surface area contributed by atoms with Gasteiger partial charge in [0.2, 0.25) is 15.9 Å². The number of sulfonamides is 1. The van der Waals surface area contributed by atoms with Crippen molar-refractivity contribution >= 4 is 15.9 Å². The molecule has 31 heavy (non-hydrogen) atoms. The number of piperazine rings is 1. The zero-order valence-electron chi connectivity index (χ0n) is 17.7. The van der Waals surface area contributed by atoms with E-state index in [1.807, 2.05) is 44.2 Å². The van der Waals surface area contributed by atoms with Gasteiger partial charge >= 0.3 is 0 Å². The zero-order valence-corrected chi connectivity index (χ0v) is 18.5. The number of halogens is 2. The van der Waals surface area contributed by atoms with Crippen molar-refractivity contribution in [1.29, 1.82) is 0 Å². The van der Waals surface area contributed by atoms with E-state index in [4.69, 9.17) is 0 Å². The van der Waals surface area contributed by atoms with Crippen LogP contribution in [0.25, 0.3) is 0 Å². The standard InChI is InChI=1S/C22H27F2N3O3S/c1-17(2)26(15-18-6-4-3-5-7-18)16-22(28)25-10-12-27(13-11-25)31(29,30)19-8-9-20(23)21(24)14-19/h3-9,14,17H,10-13,15-16H2,1-2H3. The third-order valence-electron chi connectivity index (χ3n) is 5.42. The fourth-order valence-corrected chi connectivity index (χ4v) is 4.91. The highest BCUT2D eigenvalue weighted by molar-refractivity contribution is 7.89. The Kier molecular flexibility index (Phi) is 7.40. The molecule has 1 fully saturated rings. The number of amides is 1. The van der Waals surface area contributed by atoms with Crippen molar-refractivity contribution in [3.8, 4) is 0 Å². The summed E-state index contributed by atoms with van der Waals surface area (Å²) in [6, 6.07) is 12.6. The summed E-state index contributed by atoms with van der Waals surface area (Å²) < 4.78 is 53.3. The molecule has 1 amide bonds. The molecule has 3 rings (SSSR count). The van der Waals surface area contributed by atoms with Crippen LogP contribution in [0.2, 0.25) is 0 Å². The molecule has 1 aliphatic heterocycles. The van der Waals surface area contributed by atoms with Gasteiger partial charge in [0.1, 0.15) is 0 Å². The van der Waals surface area contributed by atoms with Crippen molar-refractivity contribution in [2.75, 3.05) is 32.7 Å². The molecule has 0 atom stereocenters. The van der Waals surface area contributed by atoms with Crippen LogP contribution in [-0.2, 0) is 21.4 Å². The first-order valence-electron chi connectivity index (χ1n) is 10.2. The van der Waals surface area contributed by atoms with E-state index in [0.29, 0.717) is 12.6 Å². The van der Waals surface area contributed by atoms with Gasteiger partial charge in [-0.1, -0.05) is 30.3 Å². The Bertz CT molecular complexity index is 1010. The third kappa shape index (κ3) is 5.66. The SMILES string of the molecule is CC(C)N(CC(=O)N1CCN(S(=O)(=O)c2ccc(F)c(F)c2)CC1)Cc1ccccc1. The van der Waals surface area contributed by atoms with Crippen LogP contribution in [0.1, 0.15) is 19.4 Å². The summed E-state index contributed by atoms with van der Waals surface area (Å²) >= 11 is 0. The first-order chi connectivity index (χ1) is 14.7. The Hall–Kier alpha value is -2.36. The summed E-state index contributed by atoms with van der Waals surface area (Å²) in [6.45, 7) is 5.65. The van der Waals surface area contributed by atoms with E-state index >= 15 is 0 Å². The van der Waals surface area contributed by atoms with Gasteiger partial charge in [-0.15, -0.1) is 0 Å². The molecule has 1 saturated heterocycles. The summed E-state index contributed by atoms with van der Waals surface area (Å²) in [4.78, 5) is 16.3. The molecule has 1 aliphatic rings. The molecule has 9 heteroatoms. The molecule has 0 aromatic heterocycles. The van der Waals surface area contributed by atoms with Crippen LogP contribution in [0.15, 0.2) is 53.4 Å². The van der Waals surface area contributed by atoms with E-state index in [-0.39, 0.29) is 49.6 Å². The molecule has 0 saturated carbocycles. The maximum absolute atomic E-state index is 13.5. The van der Waals surface area contributed by atoms with Gasteiger partial charge in [0.15, 0.2) is 11.6 Å². The number of hydrogen-bond acceptors (Lipinski definition) is 4. The predicted molar refractivity (Wildman–Crippen MR) is 114 cm³/mol. The Balaban J connectivity index is 1.60. The molecule has 168 valence electrons. The lowest BCUT2D eigenvalue weighted by molar-refractivity contribution is -0.134. The number of carbonyl (C=O) groups excluding carboxylic acids is 1. The Labute approximate surface area is 182 Å². The van der Waals surface area contributed by atoms with E-state index in [1.54, 1.807) is 4.90 Å². The molecule has 0 aliphatic carbocycles. The quantitative estimate of drug-likeness (QED) is 0.650. The van der Waals surface area contributed by atoms with E-state index in [0.717, 1.165) is 17.7 Å². The average Bonchev–Trinajstić information content (AvgIpc) is 2.75. The predicted octanol–water partition coefficient (Wildman–Crippen LogP) is 2.71. The summed E-state index contributed by atoms with van der Waals surface area (Å²) in [5, 5.41) is 0. The molecular formula is C22H27F2N3O3S. The van der Waals surface area contributed by atoms with Gasteiger partial charge < -0.3 is 4.90 Å². The van der Waals surface area contributed by atoms with Crippen molar-refractivity contribution in [3.63, 3.8) is 0 Å². The van der Waals surface area contributed by atoms with Crippen LogP contribution in [0.4, 0.5) is 8.78 Å². The lowest BCUT2D eigenvalue weighted by Gasteiger charge is -2.36. The van der Waals surface area contributed by atoms with Crippen LogP contribution in [0, 0.1) is 11.6 Å². The first kappa shape index (κ1) is 23.3. The minimum atomic E-state index is -3.95. The van der Waals surface area contributed by atoms with Gasteiger partial charge in [0.05, 0.1) is 11.4 Å². The van der Waals surface area contributed by atoms with E-state index in [2.05, 4.69) is 4.90 Å². The average molecular weight is 452 g/mol. The van der Waals surface area contributed by atoms with Gasteiger partial charge in [-0.3, -0.25) is 9.69 Å². The minimum Gasteiger partial charge on any atom is -0.339 e. The fourth-order valence-electron chi connectivity index (χ4n) is 3.48. The smallest absolute Gasteiger partial charge is 0.243 e. The normalized spacial score (nSPS) is 15.6. The summed E-state index contributed by atoms with van der Waals surface area (Å²) in [7, 11) is -3.95. The third-order valence-corrected chi connectivity index (χ3v) is 7.31. The zero-order chi connectivity index (χ0) is 22.6. The van der Waals surface area contributed by atoms with Crippen molar-refractivity contribution in [2.24, 2.45) is 0 Å². The van der Waals surface area contributed by atoms with Crippen molar-refractivity contribution < 1.29 is 22.0 Å². The van der Waals surface area contributed by atoms with Crippen molar-refractivity contribution in [1.82, 2.24) is 14.1 Å². The maximum atomic E-state index is 13.5. The van der Waals surface area contributed by atoms with Crippen LogP contribution in [0.5, 0.6) is 0 Å². The molecule has 0 radical (unpaired) electrons. The highest BCUT2D eigenvalue weighted by atomic mass is 32.2. The fraction of sp³-hybridized carbons (Fsp3) is 0.409. The topological polar surface area (TPSA) is 60.9 Å². The molecule has 6 nitrogen and oxygen atoms in total. The second-order valence-electron chi connectivity index (χ2n) is 7.85. The Morgan fingerprint density at radius 2 is 1.65 bits per heavy atom. The molecular weight excluding hydrogens is 424 g/mol. The van der Waals surface area contributed by atoms with Crippen LogP contribution in [-0.4, -0.2) is 67.2 Å². The molecule has 2 aromatic rings. The van der Waals surface area contributed by atoms with Gasteiger partial charge in [0.25, 0.3) is 0 Å². The van der Waals surface area contributed by atoms with Crippen molar-refractivity contribution in [3.05, 3.63) is 65.7 Å². The van der Waals surface area contributed by atoms with E-state index < -0.39 is 21.7 Å². The second kappa shape index (κ2) is 9.84. The molecule has 0 N–H and O–H groups in total. The summed E-state index contributed by atoms with van der Waals surface area (Å²) in [6.07, 6.45) is 0. The summed E-state index contributed by atoms with van der Waals surface area (Å²) in [5.41, 5.74) is 1.12. The van der Waals surface area contributed by atoms with Crippen LogP contribution < -0.4 is 0 Å². The van der Waals surface area contributed by atoms with Crippen molar-refractivity contribution in [2.45, 2.75) is 31.3 Å². The Morgan fingerprint density at radius 3 is 2.23 bits per heavy atom. The number of hydrogen-bond donors (Lipinski definition) is 0. The van der Waals surface area contributed by atoms with Gasteiger partial charge in [0, 0.05) is 38.8 Å². The molecule has 0 unspecified atom stereocenters. The van der Waals surface area contributed by atoms with Crippen LogP contribution >= 0.6 is 0 Å². The van der Waals surface area contributed by atoms with Gasteiger partial charge in [-0.05, 0) is 37.6 Å². The molecule has 2 aromatic carbocycles. The van der Waals surface area contributed by atoms with Crippen LogP contribution in [0.3, 0.4) is 0 Å². The lowest BCUT2D eigenvalue weighted by Crippen LogP contribution is -2.53. The first-order valence-corrected chi connectivity index (χ1v) is 11.6. The number of carbonyl (C=O) groups is 1. The second-order valence-corrected chi connectivity index (χ2v) is 9.78. The van der Waals surface area contributed by atoms with Gasteiger partial charge in [-0.25, -0.2) is 17.2 Å². The Morgan fingerprint density at radius 1 is 1.00 bits per heavy atom. The summed E-state index contributed by atoms with van der Waals surface area (Å²) in [5.74, 6) is -2.36. The monoisotopic (exact) mass is 451 g/mol.